The molecule has 2 heterocycles. The molecule has 26 heavy (non-hydrogen) atoms. The molecule has 0 aromatic carbocycles. The third-order valence-corrected chi connectivity index (χ3v) is 5.54. The first kappa shape index (κ1) is 20.4. The highest BCUT2D eigenvalue weighted by atomic mass is 16.2. The van der Waals surface area contributed by atoms with Crippen LogP contribution >= 0.6 is 0 Å². The van der Waals surface area contributed by atoms with E-state index in [0.717, 1.165) is 19.3 Å². The molecule has 2 rings (SSSR count). The molecule has 0 saturated carbocycles. The van der Waals surface area contributed by atoms with E-state index in [2.05, 4.69) is 5.32 Å². The van der Waals surface area contributed by atoms with E-state index in [-0.39, 0.29) is 30.2 Å². The average molecular weight is 365 g/mol. The van der Waals surface area contributed by atoms with Crippen molar-refractivity contribution in [2.24, 2.45) is 11.7 Å². The van der Waals surface area contributed by atoms with Crippen molar-refractivity contribution >= 4 is 24.0 Å². The fourth-order valence-electron chi connectivity index (χ4n) is 3.71. The second-order valence-corrected chi connectivity index (χ2v) is 7.15. The predicted octanol–water partition coefficient (Wildman–Crippen LogP) is -0.432. The number of nitrogens with one attached hydrogen (secondary N) is 1. The van der Waals surface area contributed by atoms with Gasteiger partial charge in [-0.1, -0.05) is 20.3 Å². The second kappa shape index (κ2) is 9.12. The number of carbonyl (C=O) groups excluding carboxylic acids is 4. The zero-order valence-corrected chi connectivity index (χ0v) is 15.6. The molecule has 2 saturated heterocycles. The first-order chi connectivity index (χ1) is 12.4. The highest BCUT2D eigenvalue weighted by molar-refractivity contribution is 5.94. The van der Waals surface area contributed by atoms with Crippen molar-refractivity contribution in [2.75, 3.05) is 19.6 Å². The van der Waals surface area contributed by atoms with Crippen molar-refractivity contribution < 1.29 is 19.2 Å². The molecule has 2 aliphatic rings. The van der Waals surface area contributed by atoms with Gasteiger partial charge in [-0.15, -0.1) is 0 Å². The van der Waals surface area contributed by atoms with Gasteiger partial charge in [0.2, 0.25) is 24.0 Å². The number of nitrogens with zero attached hydrogens (tertiary/aromatic N) is 2. The molecule has 145 valence electrons. The average Bonchev–Trinajstić information content (AvgIpc) is 3.32. The fraction of sp³-hybridized carbons (Fsp3) is 0.778. The van der Waals surface area contributed by atoms with Crippen molar-refractivity contribution in [2.45, 2.75) is 64.1 Å². The van der Waals surface area contributed by atoms with Crippen molar-refractivity contribution in [1.29, 1.82) is 0 Å². The molecular formula is C18H29N4O4. The predicted molar refractivity (Wildman–Crippen MR) is 95.6 cm³/mol. The van der Waals surface area contributed by atoms with E-state index in [9.17, 15) is 19.2 Å². The number of amides is 3. The zero-order chi connectivity index (χ0) is 19.3. The Morgan fingerprint density at radius 3 is 2.38 bits per heavy atom. The van der Waals surface area contributed by atoms with Crippen LogP contribution in [0.25, 0.3) is 0 Å². The standard InChI is InChI=1S/C18H29N4O4/c1-3-12(2)15(19)18(26)22-10-5-7-14(22)17(25)21-9-4-6-13(21)16(24)20-8-11-23/h12-15H,3-10,19H2,1-2H3,(H,20,24)/t12-,13-,14-,15-/m0/s1. The summed E-state index contributed by atoms with van der Waals surface area (Å²) in [6, 6.07) is -1.76. The molecule has 0 spiro atoms. The van der Waals surface area contributed by atoms with Gasteiger partial charge < -0.3 is 20.9 Å². The van der Waals surface area contributed by atoms with Gasteiger partial charge in [0.1, 0.15) is 12.1 Å². The Hall–Kier alpha value is -1.96. The fourth-order valence-corrected chi connectivity index (χ4v) is 3.71. The lowest BCUT2D eigenvalue weighted by Gasteiger charge is -2.33. The maximum absolute atomic E-state index is 13.0. The van der Waals surface area contributed by atoms with Gasteiger partial charge in [0, 0.05) is 13.1 Å². The molecule has 0 aliphatic carbocycles. The molecule has 4 atom stereocenters. The minimum atomic E-state index is -0.616. The maximum Gasteiger partial charge on any atom is 0.246 e. The van der Waals surface area contributed by atoms with Crippen LogP contribution in [0, 0.1) is 5.92 Å². The van der Waals surface area contributed by atoms with E-state index >= 15 is 0 Å². The summed E-state index contributed by atoms with van der Waals surface area (Å²) in [5.74, 6) is -0.680. The van der Waals surface area contributed by atoms with Gasteiger partial charge in [-0.05, 0) is 31.6 Å². The van der Waals surface area contributed by atoms with Gasteiger partial charge in [-0.2, -0.15) is 0 Å². The largest absolute Gasteiger partial charge is 0.347 e. The Morgan fingerprint density at radius 2 is 1.77 bits per heavy atom. The van der Waals surface area contributed by atoms with Crippen LogP contribution in [0.3, 0.4) is 0 Å². The molecule has 0 unspecified atom stereocenters. The van der Waals surface area contributed by atoms with E-state index in [0.29, 0.717) is 25.9 Å². The molecule has 8 heteroatoms. The summed E-state index contributed by atoms with van der Waals surface area (Å²) >= 11 is 0. The van der Waals surface area contributed by atoms with Crippen LogP contribution in [-0.4, -0.2) is 71.6 Å². The first-order valence-corrected chi connectivity index (χ1v) is 9.41. The third-order valence-electron chi connectivity index (χ3n) is 5.54. The van der Waals surface area contributed by atoms with E-state index in [4.69, 9.17) is 5.73 Å². The summed E-state index contributed by atoms with van der Waals surface area (Å²) in [4.78, 5) is 51.5. The Kier molecular flexibility index (Phi) is 7.14. The van der Waals surface area contributed by atoms with Gasteiger partial charge in [-0.3, -0.25) is 19.2 Å². The highest BCUT2D eigenvalue weighted by Crippen LogP contribution is 2.26. The molecule has 3 amide bonds. The lowest BCUT2D eigenvalue weighted by atomic mass is 9.98. The molecular weight excluding hydrogens is 336 g/mol. The van der Waals surface area contributed by atoms with Gasteiger partial charge in [0.25, 0.3) is 0 Å². The second-order valence-electron chi connectivity index (χ2n) is 7.15. The van der Waals surface area contributed by atoms with Crippen LogP contribution in [0.1, 0.15) is 46.0 Å². The summed E-state index contributed by atoms with van der Waals surface area (Å²) in [6.07, 6.45) is 5.03. The smallest absolute Gasteiger partial charge is 0.246 e. The Bertz CT molecular complexity index is 553. The molecule has 0 aromatic rings. The summed E-state index contributed by atoms with van der Waals surface area (Å²) < 4.78 is 0. The number of carbonyl (C=O) groups is 3. The van der Waals surface area contributed by atoms with Gasteiger partial charge in [0.05, 0.1) is 12.6 Å². The monoisotopic (exact) mass is 365 g/mol. The van der Waals surface area contributed by atoms with E-state index in [1.54, 1.807) is 16.1 Å². The van der Waals surface area contributed by atoms with E-state index in [1.807, 2.05) is 13.8 Å². The summed E-state index contributed by atoms with van der Waals surface area (Å²) in [5.41, 5.74) is 6.08. The van der Waals surface area contributed by atoms with Crippen molar-refractivity contribution in [1.82, 2.24) is 15.1 Å². The van der Waals surface area contributed by atoms with Crippen molar-refractivity contribution in [3.63, 3.8) is 0 Å². The normalized spacial score (nSPS) is 25.0. The SMILES string of the molecule is CC[C@H](C)[C@H](N)C(=O)N1CCC[C@H]1C(=O)N1CCC[C@H]1C(=O)NC[C]=O. The van der Waals surface area contributed by atoms with Crippen LogP contribution in [-0.2, 0) is 19.2 Å². The Balaban J connectivity index is 2.08. The van der Waals surface area contributed by atoms with Crippen molar-refractivity contribution in [3.05, 3.63) is 0 Å². The quantitative estimate of drug-likeness (QED) is 0.635. The van der Waals surface area contributed by atoms with E-state index in [1.165, 1.54) is 0 Å². The summed E-state index contributed by atoms with van der Waals surface area (Å²) in [5, 5.41) is 2.47. The van der Waals surface area contributed by atoms with Gasteiger partial charge >= 0.3 is 0 Å². The number of hydrogen-bond donors (Lipinski definition) is 2. The molecule has 0 aromatic heterocycles. The van der Waals surface area contributed by atoms with Crippen LogP contribution < -0.4 is 11.1 Å². The zero-order valence-electron chi connectivity index (χ0n) is 15.6. The minimum absolute atomic E-state index is 0.0451. The topological polar surface area (TPSA) is 113 Å². The number of nitrogens with two attached hydrogens (primary N) is 1. The Labute approximate surface area is 154 Å². The van der Waals surface area contributed by atoms with Crippen LogP contribution in [0.15, 0.2) is 0 Å². The molecule has 2 aliphatic heterocycles. The summed E-state index contributed by atoms with van der Waals surface area (Å²) in [6.45, 7) is 4.73. The molecule has 2 fully saturated rings. The van der Waals surface area contributed by atoms with E-state index < -0.39 is 18.1 Å². The molecule has 8 nitrogen and oxygen atoms in total. The maximum atomic E-state index is 13.0. The lowest BCUT2D eigenvalue weighted by Crippen LogP contribution is -2.56. The van der Waals surface area contributed by atoms with Crippen molar-refractivity contribution in [3.8, 4) is 0 Å². The van der Waals surface area contributed by atoms with Gasteiger partial charge in [0.15, 0.2) is 0 Å². The Morgan fingerprint density at radius 1 is 1.15 bits per heavy atom. The van der Waals surface area contributed by atoms with Crippen LogP contribution in [0.2, 0.25) is 0 Å². The third kappa shape index (κ3) is 4.23. The molecule has 0 bridgehead atoms. The minimum Gasteiger partial charge on any atom is -0.347 e. The lowest BCUT2D eigenvalue weighted by molar-refractivity contribution is -0.147. The number of likely N-dealkylation sites (tertiary alicyclic amines) is 2. The van der Waals surface area contributed by atoms with Gasteiger partial charge in [-0.25, -0.2) is 0 Å². The number of hydrogen-bond acceptors (Lipinski definition) is 5. The van der Waals surface area contributed by atoms with Crippen LogP contribution in [0.5, 0.6) is 0 Å². The highest BCUT2D eigenvalue weighted by Gasteiger charge is 2.43. The molecule has 3 N–H and O–H groups in total. The molecule has 1 radical (unpaired) electrons. The number of rotatable bonds is 7. The summed E-state index contributed by atoms with van der Waals surface area (Å²) in [7, 11) is 0. The van der Waals surface area contributed by atoms with Crippen LogP contribution in [0.4, 0.5) is 0 Å². The first-order valence-electron chi connectivity index (χ1n) is 9.41.